The summed E-state index contributed by atoms with van der Waals surface area (Å²) in [4.78, 5) is 12.8. The van der Waals surface area contributed by atoms with Crippen LogP contribution in [-0.4, -0.2) is 50.1 Å². The van der Waals surface area contributed by atoms with Gasteiger partial charge in [-0.15, -0.1) is 5.10 Å². The Bertz CT molecular complexity index is 805. The maximum atomic E-state index is 5.29. The number of ether oxygens (including phenoxy) is 1. The van der Waals surface area contributed by atoms with E-state index in [4.69, 9.17) is 9.26 Å². The molecule has 1 aliphatic heterocycles. The average molecular weight is 327 g/mol. The van der Waals surface area contributed by atoms with Crippen molar-refractivity contribution >= 4 is 0 Å². The summed E-state index contributed by atoms with van der Waals surface area (Å²) >= 11 is 0. The molecule has 3 aromatic rings. The molecule has 9 nitrogen and oxygen atoms in total. The van der Waals surface area contributed by atoms with Crippen LogP contribution < -0.4 is 10.1 Å². The van der Waals surface area contributed by atoms with Gasteiger partial charge in [-0.1, -0.05) is 5.16 Å². The van der Waals surface area contributed by atoms with E-state index in [0.29, 0.717) is 29.5 Å². The number of nitrogens with zero attached hydrogens (tertiary/aromatic N) is 6. The zero-order valence-electron chi connectivity index (χ0n) is 13.2. The second-order valence-electron chi connectivity index (χ2n) is 5.56. The molecule has 1 aliphatic rings. The molecule has 0 amide bonds. The Labute approximate surface area is 138 Å². The summed E-state index contributed by atoms with van der Waals surface area (Å²) in [5, 5.41) is 11.8. The van der Waals surface area contributed by atoms with Crippen molar-refractivity contribution in [2.45, 2.75) is 18.9 Å². The lowest BCUT2D eigenvalue weighted by atomic mass is 10.1. The summed E-state index contributed by atoms with van der Waals surface area (Å²) in [6.07, 6.45) is 5.57. The van der Waals surface area contributed by atoms with Gasteiger partial charge in [-0.25, -0.2) is 14.6 Å². The predicted octanol–water partition coefficient (Wildman–Crippen LogP) is 1.32. The summed E-state index contributed by atoms with van der Waals surface area (Å²) in [5.41, 5.74) is 0.738. The lowest BCUT2D eigenvalue weighted by Crippen LogP contribution is -2.31. The highest BCUT2D eigenvalue weighted by Gasteiger charge is 2.19. The molecule has 1 saturated heterocycles. The molecule has 4 heterocycles. The first kappa shape index (κ1) is 14.8. The maximum absolute atomic E-state index is 5.29. The van der Waals surface area contributed by atoms with Crippen molar-refractivity contribution in [1.29, 1.82) is 0 Å². The van der Waals surface area contributed by atoms with E-state index in [2.05, 4.69) is 30.5 Å². The van der Waals surface area contributed by atoms with Crippen LogP contribution in [0.25, 0.3) is 23.1 Å². The Hall–Kier alpha value is -2.81. The number of piperidine rings is 1. The molecule has 4 rings (SSSR count). The fourth-order valence-corrected chi connectivity index (χ4v) is 2.67. The average Bonchev–Trinajstić information content (AvgIpc) is 3.32. The first-order valence-corrected chi connectivity index (χ1v) is 7.80. The number of pyridine rings is 1. The number of rotatable bonds is 4. The standard InChI is InChI=1S/C15H17N7O2/c1-23-12-5-4-10(7-17-12)13-19-15(24-21-13)14-18-9-22(20-14)11-3-2-6-16-8-11/h4-5,7,9,11,16H,2-3,6,8H2,1H3. The molecule has 0 aromatic carbocycles. The predicted molar refractivity (Wildman–Crippen MR) is 84.2 cm³/mol. The van der Waals surface area contributed by atoms with Crippen molar-refractivity contribution in [2.24, 2.45) is 0 Å². The lowest BCUT2D eigenvalue weighted by molar-refractivity contribution is 0.345. The van der Waals surface area contributed by atoms with Gasteiger partial charge in [-0.2, -0.15) is 4.98 Å². The minimum Gasteiger partial charge on any atom is -0.481 e. The Morgan fingerprint density at radius 3 is 3.00 bits per heavy atom. The van der Waals surface area contributed by atoms with E-state index < -0.39 is 0 Å². The van der Waals surface area contributed by atoms with Gasteiger partial charge in [0.25, 0.3) is 5.89 Å². The molecule has 1 fully saturated rings. The van der Waals surface area contributed by atoms with E-state index in [9.17, 15) is 0 Å². The van der Waals surface area contributed by atoms with Crippen LogP contribution in [0.3, 0.4) is 0 Å². The molecule has 0 saturated carbocycles. The van der Waals surface area contributed by atoms with Crippen LogP contribution in [0, 0.1) is 0 Å². The fourth-order valence-electron chi connectivity index (χ4n) is 2.67. The first-order chi connectivity index (χ1) is 11.8. The summed E-state index contributed by atoms with van der Waals surface area (Å²) in [6, 6.07) is 3.88. The molecule has 0 aliphatic carbocycles. The molecule has 1 N–H and O–H groups in total. The fraction of sp³-hybridized carbons (Fsp3) is 0.400. The SMILES string of the molecule is COc1ccc(-c2noc(-c3ncn(C4CCCNC4)n3)n2)cn1. The quantitative estimate of drug-likeness (QED) is 0.765. The van der Waals surface area contributed by atoms with Gasteiger partial charge in [0.15, 0.2) is 0 Å². The Balaban J connectivity index is 1.54. The van der Waals surface area contributed by atoms with Gasteiger partial charge in [-0.05, 0) is 25.5 Å². The van der Waals surface area contributed by atoms with Gasteiger partial charge >= 0.3 is 0 Å². The highest BCUT2D eigenvalue weighted by Crippen LogP contribution is 2.22. The van der Waals surface area contributed by atoms with Crippen LogP contribution in [0.15, 0.2) is 29.2 Å². The minimum atomic E-state index is 0.295. The monoisotopic (exact) mass is 327 g/mol. The van der Waals surface area contributed by atoms with E-state index in [1.165, 1.54) is 0 Å². The smallest absolute Gasteiger partial charge is 0.297 e. The van der Waals surface area contributed by atoms with Crippen molar-refractivity contribution < 1.29 is 9.26 Å². The molecular formula is C15H17N7O2. The van der Waals surface area contributed by atoms with Crippen LogP contribution in [0.2, 0.25) is 0 Å². The van der Waals surface area contributed by atoms with Gasteiger partial charge in [-0.3, -0.25) is 0 Å². The van der Waals surface area contributed by atoms with Crippen LogP contribution in [0.4, 0.5) is 0 Å². The van der Waals surface area contributed by atoms with Gasteiger partial charge in [0.05, 0.1) is 13.2 Å². The number of nitrogens with one attached hydrogen (secondary N) is 1. The zero-order chi connectivity index (χ0) is 16.4. The molecule has 0 bridgehead atoms. The lowest BCUT2D eigenvalue weighted by Gasteiger charge is -2.22. The van der Waals surface area contributed by atoms with Crippen LogP contribution in [-0.2, 0) is 0 Å². The Morgan fingerprint density at radius 1 is 1.29 bits per heavy atom. The van der Waals surface area contributed by atoms with Crippen molar-refractivity contribution in [3.8, 4) is 29.0 Å². The largest absolute Gasteiger partial charge is 0.481 e. The molecule has 0 spiro atoms. The molecule has 3 aromatic heterocycles. The minimum absolute atomic E-state index is 0.295. The van der Waals surface area contributed by atoms with E-state index in [0.717, 1.165) is 31.5 Å². The Kier molecular flexibility index (Phi) is 3.91. The molecular weight excluding hydrogens is 310 g/mol. The van der Waals surface area contributed by atoms with Crippen LogP contribution in [0.5, 0.6) is 5.88 Å². The number of hydrogen-bond acceptors (Lipinski definition) is 8. The molecule has 0 radical (unpaired) electrons. The van der Waals surface area contributed by atoms with Gasteiger partial charge in [0, 0.05) is 24.4 Å². The van der Waals surface area contributed by atoms with Crippen LogP contribution in [0.1, 0.15) is 18.9 Å². The number of aromatic nitrogens is 6. The first-order valence-electron chi connectivity index (χ1n) is 7.80. The van der Waals surface area contributed by atoms with Crippen molar-refractivity contribution in [1.82, 2.24) is 35.2 Å². The second kappa shape index (κ2) is 6.36. The summed E-state index contributed by atoms with van der Waals surface area (Å²) in [6.45, 7) is 1.95. The molecule has 1 unspecified atom stereocenters. The van der Waals surface area contributed by atoms with E-state index in [1.54, 1.807) is 25.7 Å². The summed E-state index contributed by atoms with van der Waals surface area (Å²) in [5.74, 6) is 1.70. The number of methoxy groups -OCH3 is 1. The highest BCUT2D eigenvalue weighted by atomic mass is 16.5. The van der Waals surface area contributed by atoms with Crippen LogP contribution >= 0.6 is 0 Å². The summed E-state index contributed by atoms with van der Waals surface area (Å²) < 4.78 is 12.2. The third-order valence-electron chi connectivity index (χ3n) is 3.97. The molecule has 9 heteroatoms. The molecule has 124 valence electrons. The van der Waals surface area contributed by atoms with Crippen molar-refractivity contribution in [2.75, 3.05) is 20.2 Å². The van der Waals surface area contributed by atoms with E-state index in [-0.39, 0.29) is 0 Å². The highest BCUT2D eigenvalue weighted by molar-refractivity contribution is 5.55. The van der Waals surface area contributed by atoms with Crippen molar-refractivity contribution in [3.05, 3.63) is 24.7 Å². The second-order valence-corrected chi connectivity index (χ2v) is 5.56. The third-order valence-corrected chi connectivity index (χ3v) is 3.97. The molecule has 24 heavy (non-hydrogen) atoms. The van der Waals surface area contributed by atoms with Gasteiger partial charge < -0.3 is 14.6 Å². The Morgan fingerprint density at radius 2 is 2.25 bits per heavy atom. The van der Waals surface area contributed by atoms with Crippen molar-refractivity contribution in [3.63, 3.8) is 0 Å². The summed E-state index contributed by atoms with van der Waals surface area (Å²) in [7, 11) is 1.57. The number of hydrogen-bond donors (Lipinski definition) is 1. The van der Waals surface area contributed by atoms with E-state index >= 15 is 0 Å². The third kappa shape index (κ3) is 2.85. The van der Waals surface area contributed by atoms with E-state index in [1.807, 2.05) is 10.7 Å². The zero-order valence-corrected chi connectivity index (χ0v) is 13.2. The normalized spacial score (nSPS) is 17.8. The maximum Gasteiger partial charge on any atom is 0.297 e. The molecule has 1 atom stereocenters. The van der Waals surface area contributed by atoms with Gasteiger partial charge in [0.2, 0.25) is 17.5 Å². The topological polar surface area (TPSA) is 104 Å². The van der Waals surface area contributed by atoms with Gasteiger partial charge in [0.1, 0.15) is 6.33 Å².